The molecule has 4 rings (SSSR count). The lowest BCUT2D eigenvalue weighted by atomic mass is 10.1. The number of likely N-dealkylation sites (N-methyl/N-ethyl adjacent to an activating group) is 1. The minimum Gasteiger partial charge on any atom is -0.507 e. The number of nitrogens with zero attached hydrogens (tertiary/aromatic N) is 4. The van der Waals surface area contributed by atoms with Gasteiger partial charge in [0.2, 0.25) is 5.82 Å². The minimum absolute atomic E-state index is 0.148. The molecule has 1 aromatic carbocycles. The van der Waals surface area contributed by atoms with Crippen molar-refractivity contribution in [3.8, 4) is 17.6 Å². The summed E-state index contributed by atoms with van der Waals surface area (Å²) in [6, 6.07) is 9.84. The van der Waals surface area contributed by atoms with Crippen molar-refractivity contribution in [2.45, 2.75) is 58.2 Å². The van der Waals surface area contributed by atoms with Crippen molar-refractivity contribution in [1.29, 1.82) is 0 Å². The molecule has 2 fully saturated rings. The number of piperazine rings is 1. The van der Waals surface area contributed by atoms with E-state index in [1.165, 1.54) is 12.8 Å². The molecule has 1 aromatic heterocycles. The second-order valence-corrected chi connectivity index (χ2v) is 11.1. The van der Waals surface area contributed by atoms with Gasteiger partial charge in [-0.3, -0.25) is 4.90 Å². The number of phenols is 1. The van der Waals surface area contributed by atoms with E-state index in [9.17, 15) is 9.90 Å². The van der Waals surface area contributed by atoms with Gasteiger partial charge in [-0.1, -0.05) is 18.1 Å². The van der Waals surface area contributed by atoms with Crippen LogP contribution in [0.4, 0.5) is 4.79 Å². The van der Waals surface area contributed by atoms with Crippen molar-refractivity contribution in [2.75, 3.05) is 26.7 Å². The fourth-order valence-corrected chi connectivity index (χ4v) is 4.67. The number of benzene rings is 1. The van der Waals surface area contributed by atoms with Gasteiger partial charge in [-0.15, -0.1) is 0 Å². The molecule has 8 N–H and O–H groups in total. The number of aromatic hydroxyl groups is 1. The molecule has 0 radical (unpaired) electrons. The maximum atomic E-state index is 11.3. The number of nitrogens with one attached hydrogen (secondary N) is 1. The molecule has 2 atom stereocenters. The van der Waals surface area contributed by atoms with Gasteiger partial charge in [0.05, 0.1) is 12.2 Å². The fraction of sp³-hybridized carbons (Fsp3) is 0.433. The van der Waals surface area contributed by atoms with Crippen LogP contribution in [0.15, 0.2) is 54.1 Å². The third-order valence-corrected chi connectivity index (χ3v) is 6.71. The molecule has 41 heavy (non-hydrogen) atoms. The predicted octanol–water partition coefficient (Wildman–Crippen LogP) is 2.22. The molecule has 2 aliphatic heterocycles. The van der Waals surface area contributed by atoms with Crippen LogP contribution in [0.2, 0.25) is 0 Å². The van der Waals surface area contributed by atoms with Crippen LogP contribution in [0.3, 0.4) is 0 Å². The molecule has 0 spiro atoms. The highest BCUT2D eigenvalue weighted by Crippen LogP contribution is 2.31. The van der Waals surface area contributed by atoms with E-state index in [1.807, 2.05) is 13.0 Å². The van der Waals surface area contributed by atoms with Gasteiger partial charge in [-0.05, 0) is 77.8 Å². The van der Waals surface area contributed by atoms with Crippen molar-refractivity contribution in [2.24, 2.45) is 17.2 Å². The number of hydrogen-bond donors (Lipinski definition) is 5. The molecule has 2 bridgehead atoms. The molecule has 11 heteroatoms. The first-order valence-electron chi connectivity index (χ1n) is 13.6. The largest absolute Gasteiger partial charge is 0.507 e. The lowest BCUT2D eigenvalue weighted by Crippen LogP contribution is -2.51. The summed E-state index contributed by atoms with van der Waals surface area (Å²) in [6.45, 7) is 9.27. The van der Waals surface area contributed by atoms with Crippen LogP contribution in [0.1, 0.15) is 50.7 Å². The molecular formula is C30H42N8O3. The standard InChI is InChI=1S/C17H25N5O.C13H17N3O2/c1-21-11-6-7-12(21)10-22(9-11)15(17(19)20)8-14(18)13-4-2-3-5-16(13)23;1-10-7-9-14-11(16-10)6-5-8-15-12(17)18-13(2,3)4/h2-5,8,11-12,23H,6-7,9-10,18-20H2,1H3;7,9H,8H2,1-4H3,(H,15,17)/b14-8-;. The van der Waals surface area contributed by atoms with Crippen LogP contribution in [-0.2, 0) is 4.74 Å². The molecule has 2 saturated heterocycles. The molecule has 0 saturated carbocycles. The first kappa shape index (κ1) is 31.1. The summed E-state index contributed by atoms with van der Waals surface area (Å²) in [6.07, 6.45) is 5.34. The van der Waals surface area contributed by atoms with Gasteiger partial charge in [0.25, 0.3) is 0 Å². The van der Waals surface area contributed by atoms with Gasteiger partial charge in [-0.25, -0.2) is 14.8 Å². The molecule has 11 nitrogen and oxygen atoms in total. The van der Waals surface area contributed by atoms with E-state index in [1.54, 1.807) is 57.3 Å². The summed E-state index contributed by atoms with van der Waals surface area (Å²) in [5.74, 6) is 6.37. The van der Waals surface area contributed by atoms with Gasteiger partial charge in [-0.2, -0.15) is 0 Å². The van der Waals surface area contributed by atoms with Crippen molar-refractivity contribution in [3.63, 3.8) is 0 Å². The number of carbonyl (C=O) groups excluding carboxylic acids is 1. The van der Waals surface area contributed by atoms with Crippen LogP contribution in [-0.4, -0.2) is 75.3 Å². The van der Waals surface area contributed by atoms with E-state index in [0.717, 1.165) is 24.5 Å². The number of nitrogens with two attached hydrogens (primary N) is 3. The highest BCUT2D eigenvalue weighted by molar-refractivity contribution is 5.70. The topological polar surface area (TPSA) is 169 Å². The van der Waals surface area contributed by atoms with Gasteiger partial charge in [0.1, 0.15) is 17.2 Å². The normalized spacial score (nSPS) is 18.4. The number of likely N-dealkylation sites (tertiary alicyclic amines) is 1. The van der Waals surface area contributed by atoms with Gasteiger partial charge < -0.3 is 37.3 Å². The summed E-state index contributed by atoms with van der Waals surface area (Å²) >= 11 is 0. The van der Waals surface area contributed by atoms with Crippen molar-refractivity contribution >= 4 is 11.8 Å². The van der Waals surface area contributed by atoms with E-state index >= 15 is 0 Å². The fourth-order valence-electron chi connectivity index (χ4n) is 4.67. The van der Waals surface area contributed by atoms with Gasteiger partial charge in [0.15, 0.2) is 0 Å². The number of carbonyl (C=O) groups is 1. The number of phenolic OH excluding ortho intramolecular Hbond substituents is 1. The van der Waals surface area contributed by atoms with E-state index in [2.05, 4.69) is 44.0 Å². The first-order valence-corrected chi connectivity index (χ1v) is 13.6. The Morgan fingerprint density at radius 3 is 2.41 bits per heavy atom. The van der Waals surface area contributed by atoms with E-state index in [0.29, 0.717) is 29.2 Å². The van der Waals surface area contributed by atoms with Crippen LogP contribution < -0.4 is 22.5 Å². The van der Waals surface area contributed by atoms with Crippen molar-refractivity contribution < 1.29 is 14.6 Å². The summed E-state index contributed by atoms with van der Waals surface area (Å²) in [4.78, 5) is 24.1. The van der Waals surface area contributed by atoms with E-state index < -0.39 is 11.7 Å². The maximum Gasteiger partial charge on any atom is 0.408 e. The third-order valence-electron chi connectivity index (χ3n) is 6.71. The minimum atomic E-state index is -0.503. The highest BCUT2D eigenvalue weighted by Gasteiger charge is 2.38. The van der Waals surface area contributed by atoms with Crippen LogP contribution in [0, 0.1) is 18.8 Å². The monoisotopic (exact) mass is 562 g/mol. The number of amides is 1. The van der Waals surface area contributed by atoms with Crippen molar-refractivity contribution in [3.05, 3.63) is 71.2 Å². The lowest BCUT2D eigenvalue weighted by molar-refractivity contribution is 0.0535. The molecule has 2 aromatic rings. The number of fused-ring (bicyclic) bond motifs is 2. The number of hydrogen-bond acceptors (Lipinski definition) is 10. The molecule has 3 heterocycles. The zero-order valence-electron chi connectivity index (χ0n) is 24.5. The predicted molar refractivity (Wildman–Crippen MR) is 160 cm³/mol. The number of allylic oxidation sites excluding steroid dienone is 1. The molecule has 2 aliphatic rings. The van der Waals surface area contributed by atoms with Gasteiger partial charge >= 0.3 is 6.09 Å². The van der Waals surface area contributed by atoms with E-state index in [-0.39, 0.29) is 18.1 Å². The number of rotatable bonds is 4. The van der Waals surface area contributed by atoms with Crippen molar-refractivity contribution in [1.82, 2.24) is 25.1 Å². The Morgan fingerprint density at radius 2 is 1.83 bits per heavy atom. The zero-order valence-corrected chi connectivity index (χ0v) is 24.5. The Morgan fingerprint density at radius 1 is 1.17 bits per heavy atom. The molecule has 1 amide bonds. The number of alkyl carbamates (subject to hydrolysis) is 1. The van der Waals surface area contributed by atoms with Crippen LogP contribution in [0.25, 0.3) is 5.70 Å². The first-order chi connectivity index (χ1) is 19.3. The van der Waals surface area contributed by atoms with Crippen LogP contribution in [0.5, 0.6) is 5.75 Å². The molecule has 2 unspecified atom stereocenters. The Bertz CT molecular complexity index is 1320. The number of aryl methyl sites for hydroxylation is 1. The summed E-state index contributed by atoms with van der Waals surface area (Å²) in [5, 5.41) is 12.5. The van der Waals surface area contributed by atoms with Gasteiger partial charge in [0, 0.05) is 48.3 Å². The second kappa shape index (κ2) is 13.8. The van der Waals surface area contributed by atoms with E-state index in [4.69, 9.17) is 21.9 Å². The summed E-state index contributed by atoms with van der Waals surface area (Å²) < 4.78 is 5.06. The maximum absolute atomic E-state index is 11.3. The number of ether oxygens (including phenoxy) is 1. The number of aromatic nitrogens is 2. The number of para-hydroxylation sites is 1. The molecule has 220 valence electrons. The second-order valence-electron chi connectivity index (χ2n) is 11.1. The average Bonchev–Trinajstić information content (AvgIpc) is 3.08. The molecular weight excluding hydrogens is 520 g/mol. The van der Waals surface area contributed by atoms with Crippen LogP contribution >= 0.6 is 0 Å². The highest BCUT2D eigenvalue weighted by atomic mass is 16.6. The Labute approximate surface area is 242 Å². The Balaban J connectivity index is 0.000000233. The summed E-state index contributed by atoms with van der Waals surface area (Å²) in [7, 11) is 2.18. The SMILES string of the molecule is CN1C2CCC1CN(C(/C=C(\N)c1ccccc1O)=C(N)N)C2.Cc1ccnc(C#CCNC(=O)OC(C)(C)C)n1. The summed E-state index contributed by atoms with van der Waals surface area (Å²) in [5.41, 5.74) is 20.1. The zero-order chi connectivity index (χ0) is 30.2. The Kier molecular flexibility index (Phi) is 10.4. The lowest BCUT2D eigenvalue weighted by Gasteiger charge is -2.40. The quantitative estimate of drug-likeness (QED) is 0.275. The third kappa shape index (κ3) is 9.32. The average molecular weight is 563 g/mol. The smallest absolute Gasteiger partial charge is 0.408 e. The molecule has 0 aliphatic carbocycles. The Hall–Kier alpha value is -4.43.